The number of sulfonamides is 1. The predicted octanol–water partition coefficient (Wildman–Crippen LogP) is 2.52. The molecule has 0 saturated carbocycles. The summed E-state index contributed by atoms with van der Waals surface area (Å²) >= 11 is 0. The van der Waals surface area contributed by atoms with Crippen molar-refractivity contribution in [3.63, 3.8) is 0 Å². The van der Waals surface area contributed by atoms with Crippen molar-refractivity contribution in [1.82, 2.24) is 14.7 Å². The molecule has 0 atom stereocenters. The molecule has 7 nitrogen and oxygen atoms in total. The minimum Gasteiger partial charge on any atom is -0.315 e. The van der Waals surface area contributed by atoms with Crippen LogP contribution in [0.1, 0.15) is 10.4 Å². The third-order valence-electron chi connectivity index (χ3n) is 3.92. The van der Waals surface area contributed by atoms with Gasteiger partial charge in [-0.1, -0.05) is 17.9 Å². The summed E-state index contributed by atoms with van der Waals surface area (Å²) in [6.45, 7) is 0. The lowest BCUT2D eigenvalue weighted by Crippen LogP contribution is -2.22. The Balaban J connectivity index is 1.50. The van der Waals surface area contributed by atoms with Crippen LogP contribution in [0.4, 0.5) is 5.69 Å². The summed E-state index contributed by atoms with van der Waals surface area (Å²) < 4.78 is 27.1. The molecule has 0 radical (unpaired) electrons. The Bertz CT molecular complexity index is 1350. The van der Waals surface area contributed by atoms with Gasteiger partial charge in [0, 0.05) is 17.1 Å². The molecule has 4 rings (SSSR count). The number of carbonyl (C=O) groups excluding carboxylic acids is 1. The second-order valence-electron chi connectivity index (χ2n) is 5.93. The number of anilines is 1. The fourth-order valence-electron chi connectivity index (χ4n) is 2.52. The summed E-state index contributed by atoms with van der Waals surface area (Å²) in [5.41, 5.74) is 6.92. The highest BCUT2D eigenvalue weighted by molar-refractivity contribution is 7.89. The Kier molecular flexibility index (Phi) is 4.70. The van der Waals surface area contributed by atoms with Gasteiger partial charge in [0.15, 0.2) is 0 Å². The maximum Gasteiger partial charge on any atom is 0.270 e. The van der Waals surface area contributed by atoms with Gasteiger partial charge in [-0.3, -0.25) is 9.52 Å². The highest BCUT2D eigenvalue weighted by Gasteiger charge is 2.15. The molecule has 1 aliphatic carbocycles. The molecule has 8 heteroatoms. The summed E-state index contributed by atoms with van der Waals surface area (Å²) in [5.74, 6) is -0.377. The highest BCUT2D eigenvalue weighted by atomic mass is 32.2. The van der Waals surface area contributed by atoms with Crippen molar-refractivity contribution in [2.24, 2.45) is 0 Å². The molecule has 1 aromatic heterocycles. The van der Waals surface area contributed by atoms with Crippen LogP contribution >= 0.6 is 0 Å². The van der Waals surface area contributed by atoms with E-state index in [-0.39, 0.29) is 22.2 Å². The van der Waals surface area contributed by atoms with Crippen molar-refractivity contribution < 1.29 is 13.2 Å². The molecule has 2 N–H and O–H groups in total. The molecule has 140 valence electrons. The van der Waals surface area contributed by atoms with Gasteiger partial charge >= 0.3 is 0 Å². The summed E-state index contributed by atoms with van der Waals surface area (Å²) in [4.78, 5) is 20.4. The zero-order valence-electron chi connectivity index (χ0n) is 14.8. The van der Waals surface area contributed by atoms with Gasteiger partial charge in [-0.05, 0) is 54.3 Å². The van der Waals surface area contributed by atoms with Gasteiger partial charge < -0.3 is 5.32 Å². The minimum absolute atomic E-state index is 0.116. The number of rotatable bonds is 5. The van der Waals surface area contributed by atoms with Crippen molar-refractivity contribution in [2.45, 2.75) is 4.90 Å². The maximum atomic E-state index is 12.5. The monoisotopic (exact) mass is 400 g/mol. The van der Waals surface area contributed by atoms with Crippen LogP contribution < -0.4 is 10.0 Å². The fraction of sp³-hybridized carbons (Fsp3) is 0. The van der Waals surface area contributed by atoms with Crippen molar-refractivity contribution in [3.05, 3.63) is 95.9 Å². The van der Waals surface area contributed by atoms with E-state index in [1.54, 1.807) is 42.6 Å². The Morgan fingerprint density at radius 2 is 2.00 bits per heavy atom. The summed E-state index contributed by atoms with van der Waals surface area (Å²) in [5, 5.41) is 3.47. The van der Waals surface area contributed by atoms with Crippen LogP contribution in [0.5, 0.6) is 0 Å². The Morgan fingerprint density at radius 3 is 2.76 bits per heavy atom. The zero-order chi connectivity index (χ0) is 20.3. The normalized spacial score (nSPS) is 12.3. The van der Waals surface area contributed by atoms with E-state index in [0.29, 0.717) is 11.1 Å². The number of aromatic nitrogens is 2. The molecule has 1 heterocycles. The van der Waals surface area contributed by atoms with Crippen molar-refractivity contribution in [2.75, 3.05) is 5.32 Å². The highest BCUT2D eigenvalue weighted by Crippen LogP contribution is 2.15. The average molecular weight is 400 g/mol. The molecule has 3 aromatic rings. The standard InChI is InChI=1S/C21H12N4O3S/c26-21(15-6-7-16-13-22-14-23-20(16)12-15)24-17-8-10-19(11-9-17)29(27,28)25-18-4-2-1-3-5-18/h1-2,4,6-8,10,12-14,25H,(H,24,26). The molecule has 0 bridgehead atoms. The van der Waals surface area contributed by atoms with Crippen LogP contribution in [0.15, 0.2) is 83.1 Å². The second kappa shape index (κ2) is 7.47. The topological polar surface area (TPSA) is 101 Å². The van der Waals surface area contributed by atoms with Crippen LogP contribution in [0.2, 0.25) is 0 Å². The first-order chi connectivity index (χ1) is 14.0. The first kappa shape index (κ1) is 18.2. The number of hydrogen-bond donors (Lipinski definition) is 2. The van der Waals surface area contributed by atoms with E-state index < -0.39 is 10.0 Å². The van der Waals surface area contributed by atoms with Crippen LogP contribution in [-0.2, 0) is 10.0 Å². The molecule has 0 fully saturated rings. The van der Waals surface area contributed by atoms with E-state index in [9.17, 15) is 13.2 Å². The Hall–Kier alpha value is -4.14. The fourth-order valence-corrected chi connectivity index (χ4v) is 3.47. The van der Waals surface area contributed by atoms with Crippen LogP contribution in [0, 0.1) is 12.1 Å². The minimum atomic E-state index is -3.85. The van der Waals surface area contributed by atoms with Crippen molar-refractivity contribution >= 4 is 32.5 Å². The van der Waals surface area contributed by atoms with Crippen molar-refractivity contribution in [3.8, 4) is 0 Å². The lowest BCUT2D eigenvalue weighted by molar-refractivity contribution is 0.102. The van der Waals surface area contributed by atoms with Gasteiger partial charge in [-0.25, -0.2) is 18.4 Å². The number of amides is 1. The maximum absolute atomic E-state index is 12.5. The molecule has 1 amide bonds. The van der Waals surface area contributed by atoms with Crippen LogP contribution in [-0.4, -0.2) is 24.3 Å². The first-order valence-corrected chi connectivity index (χ1v) is 9.86. The SMILES string of the molecule is O=C(Nc1c#cc(S(=O)(=O)NC2=C=C=CC=C2)cc1)c1ccc2cncnc2c1. The lowest BCUT2D eigenvalue weighted by atomic mass is 10.1. The Morgan fingerprint density at radius 1 is 1.10 bits per heavy atom. The number of fused-ring (bicyclic) bond motifs is 1. The van der Waals surface area contributed by atoms with E-state index in [0.717, 1.165) is 5.39 Å². The molecule has 0 aliphatic heterocycles. The molecule has 2 aromatic carbocycles. The van der Waals surface area contributed by atoms with Crippen LogP contribution in [0.3, 0.4) is 0 Å². The third kappa shape index (κ3) is 4.08. The van der Waals surface area contributed by atoms with Crippen molar-refractivity contribution in [1.29, 1.82) is 0 Å². The second-order valence-corrected chi connectivity index (χ2v) is 7.58. The third-order valence-corrected chi connectivity index (χ3v) is 5.23. The zero-order valence-corrected chi connectivity index (χ0v) is 15.6. The summed E-state index contributed by atoms with van der Waals surface area (Å²) in [6, 6.07) is 13.0. The average Bonchev–Trinajstić information content (AvgIpc) is 2.74. The molecular weight excluding hydrogens is 388 g/mol. The smallest absolute Gasteiger partial charge is 0.270 e. The van der Waals surface area contributed by atoms with Gasteiger partial charge in [0.1, 0.15) is 11.2 Å². The van der Waals surface area contributed by atoms with Crippen LogP contribution in [0.25, 0.3) is 10.9 Å². The Labute approximate surface area is 166 Å². The molecule has 0 unspecified atom stereocenters. The molecular formula is C21H12N4O3S. The number of nitrogens with one attached hydrogen (secondary N) is 2. The summed E-state index contributed by atoms with van der Waals surface area (Å²) in [7, 11) is -3.85. The summed E-state index contributed by atoms with van der Waals surface area (Å²) in [6.07, 6.45) is 7.87. The van der Waals surface area contributed by atoms with Gasteiger partial charge in [0.2, 0.25) is 0 Å². The van der Waals surface area contributed by atoms with E-state index in [1.165, 1.54) is 18.5 Å². The number of carbonyl (C=O) groups is 1. The quantitative estimate of drug-likeness (QED) is 0.641. The number of benzene rings is 1. The number of nitrogens with zero attached hydrogens (tertiary/aromatic N) is 2. The molecule has 1 aliphatic rings. The van der Waals surface area contributed by atoms with Gasteiger partial charge in [-0.15, -0.1) is 0 Å². The van der Waals surface area contributed by atoms with E-state index in [4.69, 9.17) is 0 Å². The molecule has 0 spiro atoms. The first-order valence-electron chi connectivity index (χ1n) is 8.38. The van der Waals surface area contributed by atoms with E-state index in [2.05, 4.69) is 43.6 Å². The van der Waals surface area contributed by atoms with E-state index >= 15 is 0 Å². The lowest BCUT2D eigenvalue weighted by Gasteiger charge is -2.07. The van der Waals surface area contributed by atoms with Gasteiger partial charge in [0.05, 0.1) is 16.9 Å². The van der Waals surface area contributed by atoms with Gasteiger partial charge in [-0.2, -0.15) is 0 Å². The molecule has 29 heavy (non-hydrogen) atoms. The molecule has 0 saturated heterocycles. The number of hydrogen-bond acceptors (Lipinski definition) is 5. The van der Waals surface area contributed by atoms with E-state index in [1.807, 2.05) is 0 Å². The van der Waals surface area contributed by atoms with Gasteiger partial charge in [0.25, 0.3) is 15.9 Å². The number of allylic oxidation sites excluding steroid dienone is 3. The largest absolute Gasteiger partial charge is 0.315 e. The predicted molar refractivity (Wildman–Crippen MR) is 106 cm³/mol.